The zero-order chi connectivity index (χ0) is 28.3. The molecule has 214 valence electrons. The quantitative estimate of drug-likeness (QED) is 0.272. The summed E-state index contributed by atoms with van der Waals surface area (Å²) in [5.41, 5.74) is 4.00. The van der Waals surface area contributed by atoms with Crippen molar-refractivity contribution in [2.75, 3.05) is 26.8 Å². The third-order valence-corrected chi connectivity index (χ3v) is 7.25. The molecule has 0 radical (unpaired) electrons. The number of benzene rings is 1. The van der Waals surface area contributed by atoms with Crippen molar-refractivity contribution in [3.8, 4) is 28.5 Å². The molecule has 1 aliphatic heterocycles. The minimum atomic E-state index is -3.11. The van der Waals surface area contributed by atoms with E-state index in [0.717, 1.165) is 51.0 Å². The largest absolute Gasteiger partial charge is 0.496 e. The first-order valence-electron chi connectivity index (χ1n) is 13.6. The van der Waals surface area contributed by atoms with Gasteiger partial charge in [0.2, 0.25) is 0 Å². The molecule has 41 heavy (non-hydrogen) atoms. The standard InChI is InChI=1S/C29H30F2N6O4/c1-39-24-11-18(12-25(41-29(30)31)27(24)28(38)35-20-3-4-20)23-15-33-26-13-21(5-9-37(23)26)40-10-2-7-36-8-6-22-19(16-36)14-32-17-34-22/h5,9,11-15,17,20,29H,2-4,6-8,10,16H2,1H3,(H,35,38). The van der Waals surface area contributed by atoms with Gasteiger partial charge in [-0.25, -0.2) is 15.0 Å². The molecular weight excluding hydrogens is 534 g/mol. The molecule has 0 unspecified atom stereocenters. The Morgan fingerprint density at radius 2 is 2.02 bits per heavy atom. The number of hydrogen-bond acceptors (Lipinski definition) is 8. The molecule has 12 heteroatoms. The van der Waals surface area contributed by atoms with Crippen LogP contribution in [0.2, 0.25) is 0 Å². The Kier molecular flexibility index (Phi) is 7.64. The van der Waals surface area contributed by atoms with Crippen LogP contribution in [-0.2, 0) is 13.0 Å². The monoisotopic (exact) mass is 564 g/mol. The lowest BCUT2D eigenvalue weighted by molar-refractivity contribution is -0.0502. The summed E-state index contributed by atoms with van der Waals surface area (Å²) in [5, 5.41) is 2.81. The highest BCUT2D eigenvalue weighted by atomic mass is 19.3. The highest BCUT2D eigenvalue weighted by Crippen LogP contribution is 2.37. The SMILES string of the molecule is COc1cc(-c2cnc3cc(OCCCN4CCc5ncncc5C4)ccn23)cc(OC(F)F)c1C(=O)NC1CC1. The molecule has 0 bridgehead atoms. The predicted molar refractivity (Wildman–Crippen MR) is 145 cm³/mol. The first kappa shape index (κ1) is 26.9. The van der Waals surface area contributed by atoms with Crippen molar-refractivity contribution in [1.82, 2.24) is 29.6 Å². The van der Waals surface area contributed by atoms with Gasteiger partial charge in [-0.1, -0.05) is 0 Å². The van der Waals surface area contributed by atoms with Crippen molar-refractivity contribution in [3.05, 3.63) is 66.0 Å². The smallest absolute Gasteiger partial charge is 0.387 e. The van der Waals surface area contributed by atoms with Crippen LogP contribution in [0.3, 0.4) is 0 Å². The van der Waals surface area contributed by atoms with E-state index in [4.69, 9.17) is 14.2 Å². The van der Waals surface area contributed by atoms with E-state index in [-0.39, 0.29) is 23.1 Å². The van der Waals surface area contributed by atoms with Gasteiger partial charge >= 0.3 is 6.61 Å². The van der Waals surface area contributed by atoms with E-state index in [0.29, 0.717) is 29.3 Å². The maximum atomic E-state index is 13.3. The van der Waals surface area contributed by atoms with Crippen LogP contribution in [0.25, 0.3) is 16.9 Å². The number of alkyl halides is 2. The van der Waals surface area contributed by atoms with Gasteiger partial charge in [0.15, 0.2) is 0 Å². The second kappa shape index (κ2) is 11.7. The van der Waals surface area contributed by atoms with Gasteiger partial charge in [0, 0.05) is 67.4 Å². The number of pyridine rings is 1. The summed E-state index contributed by atoms with van der Waals surface area (Å²) in [6.45, 7) is 0.162. The highest BCUT2D eigenvalue weighted by Gasteiger charge is 2.29. The summed E-state index contributed by atoms with van der Waals surface area (Å²) in [6, 6.07) is 6.73. The maximum absolute atomic E-state index is 13.3. The number of carbonyl (C=O) groups is 1. The first-order valence-corrected chi connectivity index (χ1v) is 13.6. The van der Waals surface area contributed by atoms with Crippen molar-refractivity contribution < 1.29 is 27.8 Å². The van der Waals surface area contributed by atoms with Gasteiger partial charge in [0.1, 0.15) is 34.8 Å². The molecule has 6 rings (SSSR count). The van der Waals surface area contributed by atoms with Crippen LogP contribution in [0.15, 0.2) is 49.2 Å². The number of halogens is 2. The van der Waals surface area contributed by atoms with Gasteiger partial charge in [-0.05, 0) is 37.5 Å². The number of nitrogens with one attached hydrogen (secondary N) is 1. The number of ether oxygens (including phenoxy) is 3. The lowest BCUT2D eigenvalue weighted by Gasteiger charge is -2.27. The zero-order valence-corrected chi connectivity index (χ0v) is 22.6. The number of hydrogen-bond donors (Lipinski definition) is 1. The van der Waals surface area contributed by atoms with Gasteiger partial charge < -0.3 is 19.5 Å². The first-order chi connectivity index (χ1) is 20.0. The van der Waals surface area contributed by atoms with Crippen molar-refractivity contribution in [2.45, 2.75) is 44.9 Å². The fourth-order valence-corrected chi connectivity index (χ4v) is 5.06. The Morgan fingerprint density at radius 1 is 1.17 bits per heavy atom. The summed E-state index contributed by atoms with van der Waals surface area (Å²) >= 11 is 0. The predicted octanol–water partition coefficient (Wildman–Crippen LogP) is 4.12. The van der Waals surface area contributed by atoms with Crippen LogP contribution in [0.4, 0.5) is 8.78 Å². The van der Waals surface area contributed by atoms with Gasteiger partial charge in [-0.3, -0.25) is 14.1 Å². The number of fused-ring (bicyclic) bond motifs is 2. The second-order valence-electron chi connectivity index (χ2n) is 10.1. The third-order valence-electron chi connectivity index (χ3n) is 7.25. The van der Waals surface area contributed by atoms with E-state index in [2.05, 4.69) is 25.2 Å². The molecule has 3 aromatic heterocycles. The molecule has 1 aliphatic carbocycles. The topological polar surface area (TPSA) is 103 Å². The molecule has 10 nitrogen and oxygen atoms in total. The van der Waals surface area contributed by atoms with Crippen molar-refractivity contribution >= 4 is 11.6 Å². The Labute approximate surface area is 235 Å². The summed E-state index contributed by atoms with van der Waals surface area (Å²) < 4.78 is 44.6. The number of imidazole rings is 1. The Hall–Kier alpha value is -4.32. The second-order valence-corrected chi connectivity index (χ2v) is 10.1. The van der Waals surface area contributed by atoms with Crippen molar-refractivity contribution in [1.29, 1.82) is 0 Å². The van der Waals surface area contributed by atoms with Crippen LogP contribution < -0.4 is 19.5 Å². The molecule has 1 amide bonds. The molecule has 0 spiro atoms. The summed E-state index contributed by atoms with van der Waals surface area (Å²) in [7, 11) is 1.38. The van der Waals surface area contributed by atoms with Gasteiger partial charge in [-0.2, -0.15) is 8.78 Å². The number of nitrogens with zero attached hydrogens (tertiary/aromatic N) is 5. The van der Waals surface area contributed by atoms with Gasteiger partial charge in [0.25, 0.3) is 5.91 Å². The Morgan fingerprint density at radius 3 is 2.83 bits per heavy atom. The fraction of sp³-hybridized carbons (Fsp3) is 0.379. The molecule has 1 fully saturated rings. The van der Waals surface area contributed by atoms with Gasteiger partial charge in [-0.15, -0.1) is 0 Å². The normalized spacial score (nSPS) is 15.1. The van der Waals surface area contributed by atoms with E-state index < -0.39 is 12.5 Å². The van der Waals surface area contributed by atoms with Crippen LogP contribution in [0.1, 0.15) is 40.9 Å². The van der Waals surface area contributed by atoms with E-state index >= 15 is 0 Å². The summed E-state index contributed by atoms with van der Waals surface area (Å²) in [6.07, 6.45) is 10.4. The summed E-state index contributed by atoms with van der Waals surface area (Å²) in [5.74, 6) is 0.0482. The van der Waals surface area contributed by atoms with E-state index in [1.807, 2.05) is 28.9 Å². The zero-order valence-electron chi connectivity index (χ0n) is 22.6. The van der Waals surface area contributed by atoms with Crippen molar-refractivity contribution in [2.24, 2.45) is 0 Å². The summed E-state index contributed by atoms with van der Waals surface area (Å²) in [4.78, 5) is 28.2. The maximum Gasteiger partial charge on any atom is 0.387 e. The molecule has 0 atom stereocenters. The minimum Gasteiger partial charge on any atom is -0.496 e. The Balaban J connectivity index is 1.15. The molecule has 2 aliphatic rings. The fourth-order valence-electron chi connectivity index (χ4n) is 5.06. The lowest BCUT2D eigenvalue weighted by atomic mass is 10.1. The molecule has 4 aromatic rings. The lowest BCUT2D eigenvalue weighted by Crippen LogP contribution is -2.32. The van der Waals surface area contributed by atoms with E-state index in [1.165, 1.54) is 18.7 Å². The van der Waals surface area contributed by atoms with Crippen LogP contribution in [-0.4, -0.2) is 69.6 Å². The molecule has 1 aromatic carbocycles. The van der Waals surface area contributed by atoms with Crippen LogP contribution in [0, 0.1) is 0 Å². The highest BCUT2D eigenvalue weighted by molar-refractivity contribution is 6.01. The average molecular weight is 565 g/mol. The number of aromatic nitrogens is 4. The van der Waals surface area contributed by atoms with E-state index in [1.54, 1.807) is 18.6 Å². The number of amides is 1. The van der Waals surface area contributed by atoms with Gasteiger partial charge in [0.05, 0.1) is 25.6 Å². The number of rotatable bonds is 11. The average Bonchev–Trinajstić information content (AvgIpc) is 3.69. The minimum absolute atomic E-state index is 0.0406. The molecule has 1 saturated carbocycles. The molecule has 1 N–H and O–H groups in total. The third kappa shape index (κ3) is 6.07. The Bertz CT molecular complexity index is 1560. The molecular formula is C29H30F2N6O4. The van der Waals surface area contributed by atoms with Crippen LogP contribution >= 0.6 is 0 Å². The molecule has 0 saturated heterocycles. The number of carbonyl (C=O) groups excluding carboxylic acids is 1. The van der Waals surface area contributed by atoms with Crippen molar-refractivity contribution in [3.63, 3.8) is 0 Å². The van der Waals surface area contributed by atoms with Crippen LogP contribution in [0.5, 0.6) is 17.2 Å². The molecule has 4 heterocycles. The number of methoxy groups -OCH3 is 1. The van der Waals surface area contributed by atoms with E-state index in [9.17, 15) is 13.6 Å².